The number of aromatic nitrogens is 3. The Morgan fingerprint density at radius 1 is 1.09 bits per heavy atom. The molecule has 0 fully saturated rings. The van der Waals surface area contributed by atoms with Crippen LogP contribution in [0.3, 0.4) is 0 Å². The van der Waals surface area contributed by atoms with E-state index < -0.39 is 0 Å². The first-order valence-corrected chi connectivity index (χ1v) is 13.1. The van der Waals surface area contributed by atoms with Gasteiger partial charge in [-0.2, -0.15) is 0 Å². The van der Waals surface area contributed by atoms with Gasteiger partial charge >= 0.3 is 0 Å². The molecule has 0 aliphatic heterocycles. The van der Waals surface area contributed by atoms with Crippen molar-refractivity contribution < 1.29 is 9.59 Å². The number of carbonyl (C=O) groups is 2. The molecule has 3 rings (SSSR count). The summed E-state index contributed by atoms with van der Waals surface area (Å²) >= 11 is 19.5. The van der Waals surface area contributed by atoms with Crippen LogP contribution >= 0.6 is 46.6 Å². The fourth-order valence-electron chi connectivity index (χ4n) is 3.44. The third kappa shape index (κ3) is 6.91. The first-order chi connectivity index (χ1) is 16.6. The Hall–Kier alpha value is -2.26. The van der Waals surface area contributed by atoms with E-state index in [-0.39, 0.29) is 39.6 Å². The van der Waals surface area contributed by atoms with E-state index in [0.29, 0.717) is 33.8 Å². The number of rotatable bonds is 9. The molecule has 0 saturated heterocycles. The van der Waals surface area contributed by atoms with Gasteiger partial charge in [0.15, 0.2) is 11.0 Å². The molecular formula is C24H26Cl3N5O2S. The highest BCUT2D eigenvalue weighted by Gasteiger charge is 2.26. The maximum atomic E-state index is 12.9. The summed E-state index contributed by atoms with van der Waals surface area (Å²) in [6.07, 6.45) is 0. The smallest absolute Gasteiger partial charge is 0.251 e. The molecule has 35 heavy (non-hydrogen) atoms. The average molecular weight is 555 g/mol. The summed E-state index contributed by atoms with van der Waals surface area (Å²) in [5.41, 5.74) is 1.90. The largest absolute Gasteiger partial charge is 0.342 e. The lowest BCUT2D eigenvalue weighted by atomic mass is 10.0. The molecule has 0 radical (unpaired) electrons. The van der Waals surface area contributed by atoms with E-state index in [1.807, 2.05) is 50.5 Å². The number of anilines is 1. The summed E-state index contributed by atoms with van der Waals surface area (Å²) in [6.45, 7) is 8.50. The highest BCUT2D eigenvalue weighted by molar-refractivity contribution is 7.99. The predicted octanol–water partition coefficient (Wildman–Crippen LogP) is 6.42. The van der Waals surface area contributed by atoms with Crippen LogP contribution in [0.2, 0.25) is 15.1 Å². The number of halogens is 3. The molecule has 0 aliphatic rings. The number of nitrogens with one attached hydrogen (secondary N) is 2. The van der Waals surface area contributed by atoms with Crippen molar-refractivity contribution in [3.05, 3.63) is 68.4 Å². The van der Waals surface area contributed by atoms with Gasteiger partial charge in [0.1, 0.15) is 0 Å². The lowest BCUT2D eigenvalue weighted by Gasteiger charge is -2.22. The molecule has 3 aromatic rings. The van der Waals surface area contributed by atoms with Crippen LogP contribution in [0.25, 0.3) is 0 Å². The molecule has 2 amide bonds. The molecule has 1 atom stereocenters. The van der Waals surface area contributed by atoms with Crippen LogP contribution in [0.15, 0.2) is 41.6 Å². The Balaban J connectivity index is 1.73. The first kappa shape index (κ1) is 27.3. The first-order valence-electron chi connectivity index (χ1n) is 11.0. The molecule has 186 valence electrons. The van der Waals surface area contributed by atoms with Crippen molar-refractivity contribution in [1.29, 1.82) is 0 Å². The van der Waals surface area contributed by atoms with Crippen molar-refractivity contribution in [1.82, 2.24) is 20.1 Å². The lowest BCUT2D eigenvalue weighted by Crippen LogP contribution is -2.33. The molecule has 1 heterocycles. The fraction of sp³-hybridized carbons (Fsp3) is 0.333. The van der Waals surface area contributed by atoms with Gasteiger partial charge in [-0.15, -0.1) is 10.2 Å². The summed E-state index contributed by atoms with van der Waals surface area (Å²) in [7, 11) is 0. The number of nitrogens with zero attached hydrogens (tertiary/aromatic N) is 3. The van der Waals surface area contributed by atoms with Gasteiger partial charge in [0.2, 0.25) is 5.91 Å². The minimum absolute atomic E-state index is 0.0635. The number of thioether (sulfide) groups is 1. The number of carbonyl (C=O) groups excluding carboxylic acids is 2. The molecule has 2 aromatic carbocycles. The van der Waals surface area contributed by atoms with Crippen LogP contribution in [-0.2, 0) is 11.3 Å². The molecule has 0 bridgehead atoms. The Kier molecular flexibility index (Phi) is 9.47. The molecule has 0 aliphatic carbocycles. The van der Waals surface area contributed by atoms with Crippen LogP contribution in [-0.4, -0.2) is 32.3 Å². The number of hydrogen-bond acceptors (Lipinski definition) is 5. The third-order valence-electron chi connectivity index (χ3n) is 5.18. The van der Waals surface area contributed by atoms with Crippen LogP contribution in [0.5, 0.6) is 0 Å². The highest BCUT2D eigenvalue weighted by atomic mass is 35.5. The van der Waals surface area contributed by atoms with Crippen molar-refractivity contribution >= 4 is 64.1 Å². The maximum Gasteiger partial charge on any atom is 0.251 e. The lowest BCUT2D eigenvalue weighted by molar-refractivity contribution is -0.113. The number of amides is 2. The maximum absolute atomic E-state index is 12.9. The molecule has 0 spiro atoms. The zero-order valence-corrected chi connectivity index (χ0v) is 22.8. The van der Waals surface area contributed by atoms with E-state index in [1.54, 1.807) is 6.07 Å². The summed E-state index contributed by atoms with van der Waals surface area (Å²) in [6, 6.07) is 10.1. The standard InChI is InChI=1S/C24H26Cl3N5O2S/c1-5-32-22(20(13(2)3)29-23(34)15-8-6-7-14(4)9-15)30-31-24(32)35-12-19(33)28-21-17(26)10-16(25)11-18(21)27/h6-11,13,20H,5,12H2,1-4H3,(H,28,33)(H,29,34)/t20-/m1/s1. The van der Waals surface area contributed by atoms with Gasteiger partial charge in [-0.1, -0.05) is 78.1 Å². The van der Waals surface area contributed by atoms with Gasteiger partial charge in [-0.3, -0.25) is 9.59 Å². The molecule has 2 N–H and O–H groups in total. The van der Waals surface area contributed by atoms with Gasteiger partial charge in [0.25, 0.3) is 5.91 Å². The molecule has 0 unspecified atom stereocenters. The van der Waals surface area contributed by atoms with E-state index >= 15 is 0 Å². The molecule has 0 saturated carbocycles. The van der Waals surface area contributed by atoms with Crippen LogP contribution < -0.4 is 10.6 Å². The predicted molar refractivity (Wildman–Crippen MR) is 143 cm³/mol. The SMILES string of the molecule is CCn1c(SCC(=O)Nc2c(Cl)cc(Cl)cc2Cl)nnc1[C@H](NC(=O)c1cccc(C)c1)C(C)C. The Morgan fingerprint density at radius 2 is 1.77 bits per heavy atom. The molecule has 7 nitrogen and oxygen atoms in total. The zero-order chi connectivity index (χ0) is 25.7. The normalized spacial score (nSPS) is 12.0. The number of aryl methyl sites for hydroxylation is 1. The quantitative estimate of drug-likeness (QED) is 0.298. The topological polar surface area (TPSA) is 88.9 Å². The second-order valence-electron chi connectivity index (χ2n) is 8.23. The van der Waals surface area contributed by atoms with Crippen molar-refractivity contribution in [3.8, 4) is 0 Å². The molecular weight excluding hydrogens is 529 g/mol. The zero-order valence-electron chi connectivity index (χ0n) is 19.7. The Morgan fingerprint density at radius 3 is 2.37 bits per heavy atom. The van der Waals surface area contributed by atoms with Crippen molar-refractivity contribution in [3.63, 3.8) is 0 Å². The van der Waals surface area contributed by atoms with Crippen molar-refractivity contribution in [2.24, 2.45) is 5.92 Å². The summed E-state index contributed by atoms with van der Waals surface area (Å²) in [5, 5.41) is 15.9. The van der Waals surface area contributed by atoms with E-state index in [2.05, 4.69) is 20.8 Å². The van der Waals surface area contributed by atoms with Crippen molar-refractivity contribution in [2.75, 3.05) is 11.1 Å². The summed E-state index contributed by atoms with van der Waals surface area (Å²) in [4.78, 5) is 25.5. The second-order valence-corrected chi connectivity index (χ2v) is 10.4. The average Bonchev–Trinajstić information content (AvgIpc) is 3.20. The van der Waals surface area contributed by atoms with Gasteiger partial charge in [0, 0.05) is 17.1 Å². The molecule has 1 aromatic heterocycles. The van der Waals surface area contributed by atoms with Gasteiger partial charge in [-0.05, 0) is 44.0 Å². The van der Waals surface area contributed by atoms with Gasteiger partial charge < -0.3 is 15.2 Å². The van der Waals surface area contributed by atoms with Crippen molar-refractivity contribution in [2.45, 2.75) is 45.4 Å². The van der Waals surface area contributed by atoms with E-state index in [9.17, 15) is 9.59 Å². The van der Waals surface area contributed by atoms with Crippen LogP contribution in [0, 0.1) is 12.8 Å². The van der Waals surface area contributed by atoms with Crippen LogP contribution in [0.1, 0.15) is 48.6 Å². The van der Waals surface area contributed by atoms with E-state index in [0.717, 1.165) is 5.56 Å². The minimum Gasteiger partial charge on any atom is -0.342 e. The number of benzene rings is 2. The highest BCUT2D eigenvalue weighted by Crippen LogP contribution is 2.34. The minimum atomic E-state index is -0.356. The summed E-state index contributed by atoms with van der Waals surface area (Å²) in [5.74, 6) is 0.281. The monoisotopic (exact) mass is 553 g/mol. The summed E-state index contributed by atoms with van der Waals surface area (Å²) < 4.78 is 1.90. The second kappa shape index (κ2) is 12.1. The third-order valence-corrected chi connectivity index (χ3v) is 6.96. The molecule has 11 heteroatoms. The number of hydrogen-bond donors (Lipinski definition) is 2. The Labute approximate surface area is 223 Å². The van der Waals surface area contributed by atoms with Gasteiger partial charge in [0.05, 0.1) is 27.5 Å². The Bertz CT molecular complexity index is 1210. The van der Waals surface area contributed by atoms with Crippen LogP contribution in [0.4, 0.5) is 5.69 Å². The van der Waals surface area contributed by atoms with Gasteiger partial charge in [-0.25, -0.2) is 0 Å². The van der Waals surface area contributed by atoms with E-state index in [1.165, 1.54) is 23.9 Å². The fourth-order valence-corrected chi connectivity index (χ4v) is 5.16. The van der Waals surface area contributed by atoms with E-state index in [4.69, 9.17) is 34.8 Å².